The molecule has 0 spiro atoms. The summed E-state index contributed by atoms with van der Waals surface area (Å²) in [6, 6.07) is -0.649. The Kier molecular flexibility index (Phi) is 4.00. The van der Waals surface area contributed by atoms with Gasteiger partial charge in [0.2, 0.25) is 17.7 Å². The molecular formula is C10H17N3O3. The molecule has 2 unspecified atom stereocenters. The first-order chi connectivity index (χ1) is 7.45. The molecule has 16 heavy (non-hydrogen) atoms. The Balaban J connectivity index is 2.66. The summed E-state index contributed by atoms with van der Waals surface area (Å²) >= 11 is 0. The Labute approximate surface area is 94.2 Å². The van der Waals surface area contributed by atoms with Gasteiger partial charge in [0.25, 0.3) is 0 Å². The molecular weight excluding hydrogens is 210 g/mol. The van der Waals surface area contributed by atoms with E-state index in [4.69, 9.17) is 5.73 Å². The van der Waals surface area contributed by atoms with Crippen molar-refractivity contribution in [3.05, 3.63) is 0 Å². The van der Waals surface area contributed by atoms with Gasteiger partial charge in [-0.25, -0.2) is 0 Å². The topological polar surface area (TPSA) is 92.5 Å². The fraction of sp³-hybridized carbons (Fsp3) is 0.700. The number of rotatable bonds is 3. The van der Waals surface area contributed by atoms with Gasteiger partial charge >= 0.3 is 0 Å². The van der Waals surface area contributed by atoms with Crippen molar-refractivity contribution in [2.24, 2.45) is 11.7 Å². The third-order valence-electron chi connectivity index (χ3n) is 2.80. The largest absolute Gasteiger partial charge is 0.323 e. The zero-order valence-electron chi connectivity index (χ0n) is 9.53. The van der Waals surface area contributed by atoms with E-state index in [1.165, 1.54) is 4.90 Å². The van der Waals surface area contributed by atoms with Crippen molar-refractivity contribution in [3.63, 3.8) is 0 Å². The molecule has 0 bridgehead atoms. The second-order valence-electron chi connectivity index (χ2n) is 4.08. The SMILES string of the molecule is CCC(C)C(N)C(=O)N1CC(=O)NC(=O)C1. The van der Waals surface area contributed by atoms with Gasteiger partial charge < -0.3 is 10.6 Å². The molecule has 2 atom stereocenters. The molecule has 0 aliphatic carbocycles. The first-order valence-electron chi connectivity index (χ1n) is 5.32. The average Bonchev–Trinajstić information content (AvgIpc) is 2.24. The summed E-state index contributed by atoms with van der Waals surface area (Å²) in [7, 11) is 0. The number of nitrogens with two attached hydrogens (primary N) is 1. The van der Waals surface area contributed by atoms with Crippen molar-refractivity contribution in [3.8, 4) is 0 Å². The van der Waals surface area contributed by atoms with E-state index in [-0.39, 0.29) is 24.9 Å². The highest BCUT2D eigenvalue weighted by molar-refractivity contribution is 6.03. The van der Waals surface area contributed by atoms with Crippen LogP contribution in [0.3, 0.4) is 0 Å². The highest BCUT2D eigenvalue weighted by Crippen LogP contribution is 2.09. The number of nitrogens with zero attached hydrogens (tertiary/aromatic N) is 1. The molecule has 1 aliphatic rings. The van der Waals surface area contributed by atoms with Crippen molar-refractivity contribution in [1.29, 1.82) is 0 Å². The van der Waals surface area contributed by atoms with E-state index in [2.05, 4.69) is 5.32 Å². The first-order valence-corrected chi connectivity index (χ1v) is 5.32. The van der Waals surface area contributed by atoms with Crippen LogP contribution in [0.4, 0.5) is 0 Å². The molecule has 1 aliphatic heterocycles. The summed E-state index contributed by atoms with van der Waals surface area (Å²) < 4.78 is 0. The lowest BCUT2D eigenvalue weighted by Gasteiger charge is -2.29. The first kappa shape index (κ1) is 12.6. The van der Waals surface area contributed by atoms with Crippen molar-refractivity contribution < 1.29 is 14.4 Å². The van der Waals surface area contributed by atoms with Crippen molar-refractivity contribution in [1.82, 2.24) is 10.2 Å². The summed E-state index contributed by atoms with van der Waals surface area (Å²) in [4.78, 5) is 35.2. The molecule has 0 saturated carbocycles. The Morgan fingerprint density at radius 3 is 2.38 bits per heavy atom. The minimum atomic E-state index is -0.649. The molecule has 1 rings (SSSR count). The molecule has 6 nitrogen and oxygen atoms in total. The Bertz CT molecular complexity index is 300. The number of nitrogens with one attached hydrogen (secondary N) is 1. The summed E-state index contributed by atoms with van der Waals surface area (Å²) in [5, 5.41) is 2.13. The van der Waals surface area contributed by atoms with Gasteiger partial charge in [-0.1, -0.05) is 20.3 Å². The minimum Gasteiger partial charge on any atom is -0.323 e. The fourth-order valence-electron chi connectivity index (χ4n) is 1.50. The third-order valence-corrected chi connectivity index (χ3v) is 2.80. The van der Waals surface area contributed by atoms with Gasteiger partial charge in [-0.3, -0.25) is 19.7 Å². The predicted molar refractivity (Wildman–Crippen MR) is 57.2 cm³/mol. The van der Waals surface area contributed by atoms with Gasteiger partial charge in [-0.05, 0) is 5.92 Å². The van der Waals surface area contributed by atoms with E-state index in [1.807, 2.05) is 13.8 Å². The van der Waals surface area contributed by atoms with Crippen LogP contribution in [0.2, 0.25) is 0 Å². The summed E-state index contributed by atoms with van der Waals surface area (Å²) in [5.74, 6) is -1.22. The van der Waals surface area contributed by atoms with E-state index in [0.29, 0.717) is 0 Å². The Morgan fingerprint density at radius 2 is 1.94 bits per heavy atom. The quantitative estimate of drug-likeness (QED) is 0.595. The van der Waals surface area contributed by atoms with Gasteiger partial charge in [-0.15, -0.1) is 0 Å². The number of piperazine rings is 1. The van der Waals surface area contributed by atoms with Crippen LogP contribution in [-0.2, 0) is 14.4 Å². The smallest absolute Gasteiger partial charge is 0.246 e. The maximum absolute atomic E-state index is 11.9. The molecule has 0 aromatic rings. The normalized spacial score (nSPS) is 20.3. The number of amides is 3. The monoisotopic (exact) mass is 227 g/mol. The van der Waals surface area contributed by atoms with E-state index in [9.17, 15) is 14.4 Å². The summed E-state index contributed by atoms with van der Waals surface area (Å²) in [6.07, 6.45) is 0.779. The molecule has 90 valence electrons. The van der Waals surface area contributed by atoms with Gasteiger partial charge in [0, 0.05) is 0 Å². The molecule has 0 aromatic carbocycles. The lowest BCUT2D eigenvalue weighted by atomic mass is 9.98. The number of imide groups is 1. The molecule has 0 aromatic heterocycles. The molecule has 1 heterocycles. The van der Waals surface area contributed by atoms with Crippen LogP contribution >= 0.6 is 0 Å². The standard InChI is InChI=1S/C10H17N3O3/c1-3-6(2)9(11)10(16)13-4-7(14)12-8(15)5-13/h6,9H,3-5,11H2,1-2H3,(H,12,14,15). The zero-order chi connectivity index (χ0) is 12.3. The molecule has 6 heteroatoms. The highest BCUT2D eigenvalue weighted by Gasteiger charge is 2.31. The second-order valence-corrected chi connectivity index (χ2v) is 4.08. The fourth-order valence-corrected chi connectivity index (χ4v) is 1.50. The Hall–Kier alpha value is -1.43. The lowest BCUT2D eigenvalue weighted by Crippen LogP contribution is -2.57. The highest BCUT2D eigenvalue weighted by atomic mass is 16.2. The maximum atomic E-state index is 11.9. The zero-order valence-corrected chi connectivity index (χ0v) is 9.53. The van der Waals surface area contributed by atoms with E-state index >= 15 is 0 Å². The minimum absolute atomic E-state index is 0.0348. The molecule has 1 saturated heterocycles. The Morgan fingerprint density at radius 1 is 1.44 bits per heavy atom. The van der Waals surface area contributed by atoms with Crippen LogP contribution in [0.5, 0.6) is 0 Å². The van der Waals surface area contributed by atoms with Crippen molar-refractivity contribution in [2.45, 2.75) is 26.3 Å². The van der Waals surface area contributed by atoms with Gasteiger partial charge in [0.15, 0.2) is 0 Å². The second kappa shape index (κ2) is 5.07. The van der Waals surface area contributed by atoms with Gasteiger partial charge in [0.1, 0.15) is 13.1 Å². The number of carbonyl (C=O) groups excluding carboxylic acids is 3. The van der Waals surface area contributed by atoms with E-state index in [1.54, 1.807) is 0 Å². The van der Waals surface area contributed by atoms with Crippen molar-refractivity contribution >= 4 is 17.7 Å². The van der Waals surface area contributed by atoms with E-state index < -0.39 is 17.9 Å². The third kappa shape index (κ3) is 2.79. The van der Waals surface area contributed by atoms with Crippen LogP contribution in [-0.4, -0.2) is 41.8 Å². The lowest BCUT2D eigenvalue weighted by molar-refractivity contribution is -0.146. The van der Waals surface area contributed by atoms with Gasteiger partial charge in [-0.2, -0.15) is 0 Å². The number of hydrogen-bond donors (Lipinski definition) is 2. The van der Waals surface area contributed by atoms with Crippen LogP contribution in [0.25, 0.3) is 0 Å². The van der Waals surface area contributed by atoms with Gasteiger partial charge in [0.05, 0.1) is 6.04 Å². The van der Waals surface area contributed by atoms with Crippen LogP contribution in [0, 0.1) is 5.92 Å². The summed E-state index contributed by atoms with van der Waals surface area (Å²) in [6.45, 7) is 3.63. The molecule has 3 N–H and O–H groups in total. The average molecular weight is 227 g/mol. The molecule has 1 fully saturated rings. The maximum Gasteiger partial charge on any atom is 0.246 e. The predicted octanol–water partition coefficient (Wildman–Crippen LogP) is -1.16. The van der Waals surface area contributed by atoms with E-state index in [0.717, 1.165) is 6.42 Å². The number of hydrogen-bond acceptors (Lipinski definition) is 4. The van der Waals surface area contributed by atoms with Crippen LogP contribution in [0.15, 0.2) is 0 Å². The molecule has 3 amide bonds. The molecule has 0 radical (unpaired) electrons. The van der Waals surface area contributed by atoms with Crippen molar-refractivity contribution in [2.75, 3.05) is 13.1 Å². The number of carbonyl (C=O) groups is 3. The van der Waals surface area contributed by atoms with Crippen LogP contribution in [0.1, 0.15) is 20.3 Å². The van der Waals surface area contributed by atoms with Crippen LogP contribution < -0.4 is 11.1 Å². The summed E-state index contributed by atoms with van der Waals surface area (Å²) in [5.41, 5.74) is 5.76.